The van der Waals surface area contributed by atoms with E-state index in [2.05, 4.69) is 6.07 Å². The Morgan fingerprint density at radius 1 is 0.935 bits per heavy atom. The van der Waals surface area contributed by atoms with Crippen LogP contribution in [0, 0.1) is 0 Å². The first-order chi connectivity index (χ1) is 15.1. The molecule has 0 bridgehead atoms. The van der Waals surface area contributed by atoms with Crippen LogP contribution >= 0.6 is 23.2 Å². The summed E-state index contributed by atoms with van der Waals surface area (Å²) in [7, 11) is 3.34. The summed E-state index contributed by atoms with van der Waals surface area (Å²) in [5.41, 5.74) is 3.86. The van der Waals surface area contributed by atoms with Gasteiger partial charge >= 0.3 is 0 Å². The molecule has 0 N–H and O–H groups in total. The van der Waals surface area contributed by atoms with Crippen molar-refractivity contribution in [1.29, 1.82) is 0 Å². The van der Waals surface area contributed by atoms with Gasteiger partial charge in [-0.15, -0.1) is 0 Å². The largest absolute Gasteiger partial charge is 0.497 e. The van der Waals surface area contributed by atoms with Gasteiger partial charge in [-0.05, 0) is 48.0 Å². The molecule has 1 heterocycles. The number of nitrogens with zero attached hydrogens (tertiary/aromatic N) is 2. The van der Waals surface area contributed by atoms with Gasteiger partial charge in [0, 0.05) is 17.0 Å². The van der Waals surface area contributed by atoms with Crippen LogP contribution in [0.15, 0.2) is 77.9 Å². The number of anilines is 1. The summed E-state index contributed by atoms with van der Waals surface area (Å²) in [6.07, 6.45) is 4.80. The lowest BCUT2D eigenvalue weighted by molar-refractivity contribution is 0.405. The average Bonchev–Trinajstić information content (AvgIpc) is 3.21. The van der Waals surface area contributed by atoms with Crippen LogP contribution in [-0.2, 0) is 0 Å². The number of halogens is 2. The first kappa shape index (κ1) is 21.3. The van der Waals surface area contributed by atoms with Crippen LogP contribution in [0.5, 0.6) is 11.5 Å². The van der Waals surface area contributed by atoms with Gasteiger partial charge < -0.3 is 9.47 Å². The molecule has 0 aromatic heterocycles. The monoisotopic (exact) mass is 452 g/mol. The Morgan fingerprint density at radius 3 is 2.42 bits per heavy atom. The fraction of sp³-hybridized carbons (Fsp3) is 0.160. The van der Waals surface area contributed by atoms with Crippen molar-refractivity contribution in [2.45, 2.75) is 12.5 Å². The summed E-state index contributed by atoms with van der Waals surface area (Å²) in [4.78, 5) is 0. The Morgan fingerprint density at radius 2 is 1.71 bits per heavy atom. The fourth-order valence-electron chi connectivity index (χ4n) is 3.61. The third kappa shape index (κ3) is 4.71. The number of methoxy groups -OCH3 is 2. The van der Waals surface area contributed by atoms with E-state index in [1.54, 1.807) is 20.3 Å². The lowest BCUT2D eigenvalue weighted by atomic mass is 10.00. The third-order valence-corrected chi connectivity index (χ3v) is 5.71. The summed E-state index contributed by atoms with van der Waals surface area (Å²) >= 11 is 12.6. The Kier molecular flexibility index (Phi) is 6.50. The summed E-state index contributed by atoms with van der Waals surface area (Å²) in [6, 6.07) is 21.3. The maximum absolute atomic E-state index is 6.53. The zero-order chi connectivity index (χ0) is 21.8. The molecule has 0 amide bonds. The average molecular weight is 453 g/mol. The molecule has 0 saturated heterocycles. The summed E-state index contributed by atoms with van der Waals surface area (Å²) in [5.74, 6) is 1.65. The number of hydrazone groups is 1. The molecule has 6 heteroatoms. The quantitative estimate of drug-likeness (QED) is 0.402. The third-order valence-electron chi connectivity index (χ3n) is 5.17. The number of hydrogen-bond acceptors (Lipinski definition) is 4. The van der Waals surface area contributed by atoms with Gasteiger partial charge in [0.1, 0.15) is 11.5 Å². The molecule has 0 radical (unpaired) electrons. The highest BCUT2D eigenvalue weighted by atomic mass is 35.5. The van der Waals surface area contributed by atoms with Gasteiger partial charge in [-0.3, -0.25) is 5.01 Å². The molecule has 0 fully saturated rings. The van der Waals surface area contributed by atoms with Crippen LogP contribution in [0.3, 0.4) is 0 Å². The van der Waals surface area contributed by atoms with Gasteiger partial charge in [0.15, 0.2) is 0 Å². The molecule has 31 heavy (non-hydrogen) atoms. The highest BCUT2D eigenvalue weighted by Gasteiger charge is 2.31. The molecule has 158 valence electrons. The molecule has 0 unspecified atom stereocenters. The number of rotatable bonds is 6. The van der Waals surface area contributed by atoms with Gasteiger partial charge in [-0.1, -0.05) is 59.6 Å². The van der Waals surface area contributed by atoms with Crippen LogP contribution in [0.2, 0.25) is 10.0 Å². The van der Waals surface area contributed by atoms with E-state index in [4.69, 9.17) is 37.8 Å². The van der Waals surface area contributed by atoms with E-state index in [0.29, 0.717) is 16.5 Å². The molecule has 3 aromatic carbocycles. The van der Waals surface area contributed by atoms with E-state index >= 15 is 0 Å². The minimum absolute atomic E-state index is 0.0506. The maximum Gasteiger partial charge on any atom is 0.124 e. The smallest absolute Gasteiger partial charge is 0.124 e. The number of allylic oxidation sites excluding steroid dienone is 1. The van der Waals surface area contributed by atoms with E-state index in [-0.39, 0.29) is 6.04 Å². The minimum atomic E-state index is -0.0506. The molecule has 1 aliphatic rings. The Hall–Kier alpha value is -2.95. The van der Waals surface area contributed by atoms with Crippen molar-refractivity contribution in [2.75, 3.05) is 19.2 Å². The Labute approximate surface area is 192 Å². The number of para-hydroxylation sites is 1. The summed E-state index contributed by atoms with van der Waals surface area (Å²) < 4.78 is 10.8. The second-order valence-corrected chi connectivity index (χ2v) is 7.94. The first-order valence-corrected chi connectivity index (χ1v) is 10.6. The molecule has 4 rings (SSSR count). The topological polar surface area (TPSA) is 34.1 Å². The molecule has 0 spiro atoms. The normalized spacial score (nSPS) is 15.9. The number of hydrogen-bond donors (Lipinski definition) is 0. The van der Waals surface area contributed by atoms with Crippen molar-refractivity contribution in [2.24, 2.45) is 5.10 Å². The van der Waals surface area contributed by atoms with Crippen molar-refractivity contribution in [3.63, 3.8) is 0 Å². The molecule has 0 saturated carbocycles. The molecule has 1 atom stereocenters. The van der Waals surface area contributed by atoms with Gasteiger partial charge in [0.25, 0.3) is 0 Å². The van der Waals surface area contributed by atoms with Crippen LogP contribution in [0.4, 0.5) is 5.69 Å². The maximum atomic E-state index is 6.53. The second-order valence-electron chi connectivity index (χ2n) is 7.10. The molecular weight excluding hydrogens is 431 g/mol. The molecule has 3 aromatic rings. The second kappa shape index (κ2) is 9.46. The predicted octanol–water partition coefficient (Wildman–Crippen LogP) is 7.03. The first-order valence-electron chi connectivity index (χ1n) is 9.86. The van der Waals surface area contributed by atoms with Crippen molar-refractivity contribution in [3.05, 3.63) is 94.0 Å². The van der Waals surface area contributed by atoms with Crippen molar-refractivity contribution in [3.8, 4) is 11.5 Å². The van der Waals surface area contributed by atoms with Crippen molar-refractivity contribution in [1.82, 2.24) is 0 Å². The van der Waals surface area contributed by atoms with E-state index in [1.165, 1.54) is 0 Å². The summed E-state index contributed by atoms with van der Waals surface area (Å²) in [6.45, 7) is 0. The van der Waals surface area contributed by atoms with Crippen molar-refractivity contribution < 1.29 is 9.47 Å². The zero-order valence-electron chi connectivity index (χ0n) is 17.3. The van der Waals surface area contributed by atoms with E-state index in [1.807, 2.05) is 71.8 Å². The van der Waals surface area contributed by atoms with Crippen LogP contribution in [0.25, 0.3) is 6.08 Å². The van der Waals surface area contributed by atoms with E-state index in [9.17, 15) is 0 Å². The van der Waals surface area contributed by atoms with Crippen molar-refractivity contribution >= 4 is 40.7 Å². The number of benzene rings is 3. The predicted molar refractivity (Wildman–Crippen MR) is 129 cm³/mol. The van der Waals surface area contributed by atoms with Gasteiger partial charge in [-0.25, -0.2) is 0 Å². The number of ether oxygens (including phenoxy) is 2. The Bertz CT molecular complexity index is 1130. The van der Waals surface area contributed by atoms with Crippen LogP contribution < -0.4 is 14.5 Å². The molecule has 0 aliphatic carbocycles. The Balaban J connectivity index is 1.69. The zero-order valence-corrected chi connectivity index (χ0v) is 18.8. The molecule has 1 aliphatic heterocycles. The van der Waals surface area contributed by atoms with Crippen LogP contribution in [0.1, 0.15) is 23.6 Å². The molecular formula is C25H22Cl2N2O2. The highest BCUT2D eigenvalue weighted by Crippen LogP contribution is 2.42. The lowest BCUT2D eigenvalue weighted by Gasteiger charge is -2.26. The van der Waals surface area contributed by atoms with Gasteiger partial charge in [-0.2, -0.15) is 5.10 Å². The standard InChI is InChI=1S/C25H22Cl2N2O2/c1-30-20-12-8-17(9-13-20)7-11-19-16-24(21-5-3-4-6-25(21)31-2)29(28-19)23-14-10-18(26)15-22(23)27/h3-15,24H,16H2,1-2H3/b11-7+/t24-/m0/s1. The summed E-state index contributed by atoms with van der Waals surface area (Å²) in [5, 5.41) is 7.98. The fourth-order valence-corrected chi connectivity index (χ4v) is 4.11. The van der Waals surface area contributed by atoms with Gasteiger partial charge in [0.2, 0.25) is 0 Å². The SMILES string of the molecule is COc1ccc(/C=C/C2=NN(c3ccc(Cl)cc3Cl)[C@H](c3ccccc3OC)C2)cc1. The van der Waals surface area contributed by atoms with E-state index in [0.717, 1.165) is 34.0 Å². The van der Waals surface area contributed by atoms with E-state index < -0.39 is 0 Å². The minimum Gasteiger partial charge on any atom is -0.497 e. The molecule has 4 nitrogen and oxygen atoms in total. The highest BCUT2D eigenvalue weighted by molar-refractivity contribution is 6.36. The van der Waals surface area contributed by atoms with Gasteiger partial charge in [0.05, 0.1) is 36.7 Å². The lowest BCUT2D eigenvalue weighted by Crippen LogP contribution is -2.19. The van der Waals surface area contributed by atoms with Crippen LogP contribution in [-0.4, -0.2) is 19.9 Å².